The number of nitrogens with one attached hydrogen (secondary N) is 1. The van der Waals surface area contributed by atoms with Crippen molar-refractivity contribution in [2.45, 2.75) is 25.9 Å². The summed E-state index contributed by atoms with van der Waals surface area (Å²) in [6.07, 6.45) is 3.95. The second-order valence-corrected chi connectivity index (χ2v) is 3.99. The molecule has 0 aliphatic carbocycles. The molecule has 90 valence electrons. The van der Waals surface area contributed by atoms with Gasteiger partial charge in [0.05, 0.1) is 18.9 Å². The number of hydrogen-bond donors (Lipinski definition) is 2. The van der Waals surface area contributed by atoms with E-state index in [2.05, 4.69) is 10.3 Å². The number of ether oxygens (including phenoxy) is 1. The number of pyridine rings is 1. The molecule has 1 aromatic heterocycles. The number of hydrogen-bond acceptors (Lipinski definition) is 4. The van der Waals surface area contributed by atoms with Crippen LogP contribution < -0.4 is 10.1 Å². The summed E-state index contributed by atoms with van der Waals surface area (Å²) in [5, 5.41) is 13.5. The summed E-state index contributed by atoms with van der Waals surface area (Å²) in [4.78, 5) is 4.04. The number of nitrogens with zero attached hydrogens (tertiary/aromatic N) is 1. The fraction of sp³-hybridized carbons (Fsp3) is 0.583. The first-order valence-electron chi connectivity index (χ1n) is 5.52. The molecule has 0 amide bonds. The van der Waals surface area contributed by atoms with Crippen LogP contribution >= 0.6 is 0 Å². The molecule has 0 aliphatic rings. The van der Waals surface area contributed by atoms with E-state index in [0.717, 1.165) is 18.7 Å². The first-order valence-corrected chi connectivity index (χ1v) is 5.52. The lowest BCUT2D eigenvalue weighted by Gasteiger charge is -2.23. The quantitative estimate of drug-likeness (QED) is 0.715. The highest BCUT2D eigenvalue weighted by molar-refractivity contribution is 5.27. The van der Waals surface area contributed by atoms with Crippen molar-refractivity contribution >= 4 is 0 Å². The summed E-state index contributed by atoms with van der Waals surface area (Å²) in [7, 11) is 1.59. The Morgan fingerprint density at radius 1 is 1.50 bits per heavy atom. The van der Waals surface area contributed by atoms with Gasteiger partial charge in [-0.05, 0) is 32.5 Å². The van der Waals surface area contributed by atoms with Crippen molar-refractivity contribution in [1.29, 1.82) is 0 Å². The van der Waals surface area contributed by atoms with Gasteiger partial charge in [-0.25, -0.2) is 0 Å². The molecular formula is C12H20N2O2. The van der Waals surface area contributed by atoms with Crippen molar-refractivity contribution in [3.63, 3.8) is 0 Å². The minimum Gasteiger partial charge on any atom is -0.495 e. The number of aromatic nitrogens is 1. The predicted molar refractivity (Wildman–Crippen MR) is 63.5 cm³/mol. The monoisotopic (exact) mass is 224 g/mol. The van der Waals surface area contributed by atoms with Gasteiger partial charge in [0.25, 0.3) is 0 Å². The van der Waals surface area contributed by atoms with Crippen LogP contribution in [-0.4, -0.2) is 30.3 Å². The molecule has 0 saturated heterocycles. The molecule has 16 heavy (non-hydrogen) atoms. The van der Waals surface area contributed by atoms with Gasteiger partial charge in [0.2, 0.25) is 0 Å². The largest absolute Gasteiger partial charge is 0.495 e. The van der Waals surface area contributed by atoms with Crippen molar-refractivity contribution in [3.05, 3.63) is 24.0 Å². The first kappa shape index (κ1) is 12.9. The molecule has 1 unspecified atom stereocenters. The van der Waals surface area contributed by atoms with E-state index < -0.39 is 5.60 Å². The normalized spacial score (nSPS) is 14.5. The molecule has 1 atom stereocenters. The summed E-state index contributed by atoms with van der Waals surface area (Å²) >= 11 is 0. The number of methoxy groups -OCH3 is 1. The smallest absolute Gasteiger partial charge is 0.137 e. The van der Waals surface area contributed by atoms with Crippen molar-refractivity contribution < 1.29 is 9.84 Å². The average Bonchev–Trinajstić information content (AvgIpc) is 2.29. The first-order chi connectivity index (χ1) is 7.60. The van der Waals surface area contributed by atoms with E-state index in [9.17, 15) is 5.11 Å². The highest BCUT2D eigenvalue weighted by Crippen LogP contribution is 2.25. The second-order valence-electron chi connectivity index (χ2n) is 3.99. The van der Waals surface area contributed by atoms with Crippen LogP contribution in [0.5, 0.6) is 5.75 Å². The molecule has 1 heterocycles. The summed E-state index contributed by atoms with van der Waals surface area (Å²) in [5.74, 6) is 0.668. The molecule has 0 aliphatic heterocycles. The summed E-state index contributed by atoms with van der Waals surface area (Å²) < 4.78 is 5.09. The van der Waals surface area contributed by atoms with Gasteiger partial charge in [-0.1, -0.05) is 6.92 Å². The van der Waals surface area contributed by atoms with E-state index in [1.165, 1.54) is 0 Å². The van der Waals surface area contributed by atoms with Gasteiger partial charge in [-0.15, -0.1) is 0 Å². The molecule has 1 aromatic rings. The Morgan fingerprint density at radius 3 is 2.88 bits per heavy atom. The Morgan fingerprint density at radius 2 is 2.25 bits per heavy atom. The number of rotatable bonds is 6. The van der Waals surface area contributed by atoms with E-state index in [-0.39, 0.29) is 0 Å². The molecule has 0 bridgehead atoms. The van der Waals surface area contributed by atoms with E-state index in [1.807, 2.05) is 13.0 Å². The highest BCUT2D eigenvalue weighted by atomic mass is 16.5. The van der Waals surface area contributed by atoms with Gasteiger partial charge in [-0.2, -0.15) is 0 Å². The van der Waals surface area contributed by atoms with E-state index >= 15 is 0 Å². The van der Waals surface area contributed by atoms with Gasteiger partial charge in [0, 0.05) is 11.8 Å². The zero-order chi connectivity index (χ0) is 12.0. The van der Waals surface area contributed by atoms with Crippen LogP contribution in [0.4, 0.5) is 0 Å². The van der Waals surface area contributed by atoms with Gasteiger partial charge >= 0.3 is 0 Å². The topological polar surface area (TPSA) is 54.4 Å². The zero-order valence-electron chi connectivity index (χ0n) is 10.2. The van der Waals surface area contributed by atoms with Crippen molar-refractivity contribution in [3.8, 4) is 5.75 Å². The molecule has 2 N–H and O–H groups in total. The minimum absolute atomic E-state index is 0.648. The average molecular weight is 224 g/mol. The summed E-state index contributed by atoms with van der Waals surface area (Å²) in [5.41, 5.74) is -0.0891. The Bertz CT molecular complexity index is 327. The third kappa shape index (κ3) is 3.47. The molecule has 4 nitrogen and oxygen atoms in total. The number of aliphatic hydroxyl groups is 1. The standard InChI is InChI=1S/C12H20N2O2/c1-4-13-6-5-12(2,15)10-7-11(16-3)9-14-8-10/h7-9,13,15H,4-6H2,1-3H3. The van der Waals surface area contributed by atoms with Crippen molar-refractivity contribution in [1.82, 2.24) is 10.3 Å². The summed E-state index contributed by atoms with van der Waals surface area (Å²) in [6, 6.07) is 1.82. The fourth-order valence-corrected chi connectivity index (χ4v) is 1.48. The minimum atomic E-state index is -0.871. The predicted octanol–water partition coefficient (Wildman–Crippen LogP) is 1.30. The lowest BCUT2D eigenvalue weighted by Crippen LogP contribution is -2.27. The van der Waals surface area contributed by atoms with E-state index in [1.54, 1.807) is 26.4 Å². The Labute approximate surface area is 96.7 Å². The molecular weight excluding hydrogens is 204 g/mol. The van der Waals surface area contributed by atoms with E-state index in [0.29, 0.717) is 12.2 Å². The Kier molecular flexibility index (Phi) is 4.71. The Hall–Kier alpha value is -1.13. The molecule has 0 fully saturated rings. The van der Waals surface area contributed by atoms with Crippen molar-refractivity contribution in [2.24, 2.45) is 0 Å². The van der Waals surface area contributed by atoms with Crippen molar-refractivity contribution in [2.75, 3.05) is 20.2 Å². The molecule has 0 aromatic carbocycles. The van der Waals surface area contributed by atoms with E-state index in [4.69, 9.17) is 4.74 Å². The maximum absolute atomic E-state index is 10.3. The SMILES string of the molecule is CCNCCC(C)(O)c1cncc(OC)c1. The zero-order valence-corrected chi connectivity index (χ0v) is 10.2. The molecule has 4 heteroatoms. The van der Waals surface area contributed by atoms with Crippen LogP contribution in [-0.2, 0) is 5.60 Å². The van der Waals surface area contributed by atoms with Crippen LogP contribution in [0.1, 0.15) is 25.8 Å². The van der Waals surface area contributed by atoms with Crippen LogP contribution in [0.15, 0.2) is 18.5 Å². The lowest BCUT2D eigenvalue weighted by atomic mass is 9.94. The maximum atomic E-state index is 10.3. The molecule has 1 rings (SSSR count). The lowest BCUT2D eigenvalue weighted by molar-refractivity contribution is 0.0476. The molecule has 0 radical (unpaired) electrons. The van der Waals surface area contributed by atoms with Crippen LogP contribution in [0.25, 0.3) is 0 Å². The summed E-state index contributed by atoms with van der Waals surface area (Å²) in [6.45, 7) is 5.52. The van der Waals surface area contributed by atoms with Gasteiger partial charge in [0.15, 0.2) is 0 Å². The molecule has 0 saturated carbocycles. The van der Waals surface area contributed by atoms with Crippen LogP contribution in [0, 0.1) is 0 Å². The van der Waals surface area contributed by atoms with Gasteiger partial charge in [0.1, 0.15) is 5.75 Å². The third-order valence-electron chi connectivity index (χ3n) is 2.61. The Balaban J connectivity index is 2.72. The van der Waals surface area contributed by atoms with Gasteiger partial charge < -0.3 is 15.2 Å². The fourth-order valence-electron chi connectivity index (χ4n) is 1.48. The van der Waals surface area contributed by atoms with Crippen LogP contribution in [0.2, 0.25) is 0 Å². The maximum Gasteiger partial charge on any atom is 0.137 e. The van der Waals surface area contributed by atoms with Crippen LogP contribution in [0.3, 0.4) is 0 Å². The third-order valence-corrected chi connectivity index (χ3v) is 2.61. The highest BCUT2D eigenvalue weighted by Gasteiger charge is 2.23. The molecule has 0 spiro atoms. The second kappa shape index (κ2) is 5.82. The van der Waals surface area contributed by atoms with Gasteiger partial charge in [-0.3, -0.25) is 4.98 Å².